The van der Waals surface area contributed by atoms with E-state index in [4.69, 9.17) is 19.0 Å². The van der Waals surface area contributed by atoms with Crippen LogP contribution in [0.5, 0.6) is 0 Å². The van der Waals surface area contributed by atoms with Gasteiger partial charge >= 0.3 is 20.9 Å². The number of aryl methyl sites for hydroxylation is 1. The summed E-state index contributed by atoms with van der Waals surface area (Å²) in [4.78, 5) is 52.6. The molecule has 4 N–H and O–H groups in total. The number of nitrogens with one attached hydrogen (secondary N) is 1. The Hall–Kier alpha value is -1.32. The van der Waals surface area contributed by atoms with Crippen molar-refractivity contribution in [2.24, 2.45) is 0 Å². The Morgan fingerprint density at radius 3 is 2.40 bits per heavy atom. The summed E-state index contributed by atoms with van der Waals surface area (Å²) in [5.41, 5.74) is -1.13. The van der Waals surface area contributed by atoms with Gasteiger partial charge in [-0.15, -0.1) is 0 Å². The first-order valence-corrected chi connectivity index (χ1v) is 10.6. The second-order valence-corrected chi connectivity index (χ2v) is 8.59. The highest BCUT2D eigenvalue weighted by atomic mass is 31.2. The maximum Gasteiger partial charge on any atom is 0.348 e. The van der Waals surface area contributed by atoms with Crippen LogP contribution in [-0.2, 0) is 24.9 Å². The number of aromatic amines is 1. The van der Waals surface area contributed by atoms with Crippen molar-refractivity contribution < 1.29 is 33.1 Å². The van der Waals surface area contributed by atoms with Crippen molar-refractivity contribution in [3.05, 3.63) is 44.5 Å². The molecule has 25 heavy (non-hydrogen) atoms. The van der Waals surface area contributed by atoms with Crippen molar-refractivity contribution in [2.75, 3.05) is 13.8 Å². The lowest BCUT2D eigenvalue weighted by molar-refractivity contribution is 0.0173. The van der Waals surface area contributed by atoms with Gasteiger partial charge in [0.1, 0.15) is 12.2 Å². The van der Waals surface area contributed by atoms with Crippen LogP contribution in [0.3, 0.4) is 0 Å². The SMILES string of the molecule is CO[C@H](/C=C/P(=O)(O)O)[C@H](Cn1cc(C)c(=O)[nH]c1=O)OP(C)(=O)O. The lowest BCUT2D eigenvalue weighted by Crippen LogP contribution is -2.39. The van der Waals surface area contributed by atoms with Crippen LogP contribution in [0.2, 0.25) is 0 Å². The van der Waals surface area contributed by atoms with E-state index in [1.807, 2.05) is 0 Å². The highest BCUT2D eigenvalue weighted by Gasteiger charge is 2.28. The van der Waals surface area contributed by atoms with E-state index in [-0.39, 0.29) is 12.1 Å². The number of H-pyrrole nitrogens is 1. The smallest absolute Gasteiger partial charge is 0.348 e. The van der Waals surface area contributed by atoms with Gasteiger partial charge in [0.05, 0.1) is 6.54 Å². The molecule has 0 spiro atoms. The number of methoxy groups -OCH3 is 1. The molecule has 0 bridgehead atoms. The molecule has 3 atom stereocenters. The van der Waals surface area contributed by atoms with Crippen molar-refractivity contribution in [3.8, 4) is 0 Å². The molecule has 0 saturated carbocycles. The average Bonchev–Trinajstić information content (AvgIpc) is 2.42. The summed E-state index contributed by atoms with van der Waals surface area (Å²) < 4.78 is 33.7. The summed E-state index contributed by atoms with van der Waals surface area (Å²) in [5.74, 6) is 0.566. The molecular weight excluding hydrogens is 378 g/mol. The second kappa shape index (κ2) is 8.37. The van der Waals surface area contributed by atoms with Crippen LogP contribution < -0.4 is 11.2 Å². The average molecular weight is 398 g/mol. The lowest BCUT2D eigenvalue weighted by atomic mass is 10.2. The van der Waals surface area contributed by atoms with Crippen LogP contribution in [0.15, 0.2) is 27.7 Å². The minimum absolute atomic E-state index is 0.224. The van der Waals surface area contributed by atoms with Gasteiger partial charge in [0.25, 0.3) is 5.56 Å². The van der Waals surface area contributed by atoms with Crippen LogP contribution in [0.25, 0.3) is 0 Å². The maximum absolute atomic E-state index is 11.9. The summed E-state index contributed by atoms with van der Waals surface area (Å²) in [6.07, 6.45) is -0.177. The Morgan fingerprint density at radius 2 is 1.92 bits per heavy atom. The van der Waals surface area contributed by atoms with Gasteiger partial charge in [-0.2, -0.15) is 0 Å². The molecule has 11 nitrogen and oxygen atoms in total. The first kappa shape index (κ1) is 21.7. The molecule has 0 aromatic carbocycles. The fourth-order valence-corrected chi connectivity index (χ4v) is 3.03. The van der Waals surface area contributed by atoms with E-state index >= 15 is 0 Å². The van der Waals surface area contributed by atoms with Crippen LogP contribution >= 0.6 is 15.2 Å². The highest BCUT2D eigenvalue weighted by molar-refractivity contribution is 7.55. The Kier molecular flexibility index (Phi) is 7.28. The quantitative estimate of drug-likeness (QED) is 0.432. The van der Waals surface area contributed by atoms with Gasteiger partial charge in [0.15, 0.2) is 0 Å². The minimum Gasteiger partial charge on any atom is -0.375 e. The molecule has 0 aliphatic carbocycles. The van der Waals surface area contributed by atoms with Crippen molar-refractivity contribution in [1.29, 1.82) is 0 Å². The number of ether oxygens (including phenoxy) is 1. The van der Waals surface area contributed by atoms with Gasteiger partial charge in [-0.05, 0) is 13.0 Å². The molecule has 0 aliphatic rings. The first-order chi connectivity index (χ1) is 11.3. The largest absolute Gasteiger partial charge is 0.375 e. The zero-order valence-electron chi connectivity index (χ0n) is 13.7. The van der Waals surface area contributed by atoms with E-state index in [0.29, 0.717) is 5.82 Å². The molecule has 0 amide bonds. The standard InChI is InChI=1S/C12H20N2O9P2/c1-8-6-14(12(16)13-11(8)15)7-10(23-24(3,17)18)9(22-2)4-5-25(19,20)21/h4-6,9-10H,7H2,1-3H3,(H,17,18)(H,13,15,16)(H2,19,20,21)/b5-4+/t9-,10+/m1/s1. The fraction of sp³-hybridized carbons (Fsp3) is 0.500. The number of hydrogen-bond donors (Lipinski definition) is 4. The Labute approximate surface area is 142 Å². The second-order valence-electron chi connectivity index (χ2n) is 5.30. The third-order valence-electron chi connectivity index (χ3n) is 3.01. The summed E-state index contributed by atoms with van der Waals surface area (Å²) in [6, 6.07) is 0. The molecule has 142 valence electrons. The van der Waals surface area contributed by atoms with E-state index in [0.717, 1.165) is 17.3 Å². The summed E-state index contributed by atoms with van der Waals surface area (Å²) in [7, 11) is -7.32. The molecule has 0 aliphatic heterocycles. The van der Waals surface area contributed by atoms with Crippen molar-refractivity contribution >= 4 is 15.2 Å². The lowest BCUT2D eigenvalue weighted by Gasteiger charge is -2.25. The Bertz CT molecular complexity index is 832. The molecule has 0 fully saturated rings. The monoisotopic (exact) mass is 398 g/mol. The van der Waals surface area contributed by atoms with E-state index in [1.54, 1.807) is 0 Å². The van der Waals surface area contributed by atoms with E-state index in [9.17, 15) is 23.6 Å². The summed E-state index contributed by atoms with van der Waals surface area (Å²) in [6.45, 7) is 2.07. The molecule has 0 saturated heterocycles. The third-order valence-corrected chi connectivity index (χ3v) is 4.23. The van der Waals surface area contributed by atoms with Gasteiger partial charge in [-0.25, -0.2) is 4.79 Å². The number of rotatable bonds is 8. The molecule has 13 heteroatoms. The highest BCUT2D eigenvalue weighted by Crippen LogP contribution is 2.40. The van der Waals surface area contributed by atoms with Gasteiger partial charge in [0.2, 0.25) is 0 Å². The predicted molar refractivity (Wildman–Crippen MR) is 88.7 cm³/mol. The van der Waals surface area contributed by atoms with Gasteiger partial charge in [0, 0.05) is 31.4 Å². The normalized spacial score (nSPS) is 17.4. The summed E-state index contributed by atoms with van der Waals surface area (Å²) >= 11 is 0. The van der Waals surface area contributed by atoms with Gasteiger partial charge in [-0.3, -0.25) is 23.5 Å². The molecule has 0 radical (unpaired) electrons. The Morgan fingerprint density at radius 1 is 1.32 bits per heavy atom. The van der Waals surface area contributed by atoms with Gasteiger partial charge in [-0.1, -0.05) is 0 Å². The zero-order chi connectivity index (χ0) is 19.4. The zero-order valence-corrected chi connectivity index (χ0v) is 15.5. The molecule has 1 heterocycles. The van der Waals surface area contributed by atoms with Crippen LogP contribution in [0, 0.1) is 6.92 Å². The fourth-order valence-electron chi connectivity index (χ4n) is 1.95. The third kappa shape index (κ3) is 7.62. The van der Waals surface area contributed by atoms with Crippen molar-refractivity contribution in [2.45, 2.75) is 25.7 Å². The van der Waals surface area contributed by atoms with E-state index < -0.39 is 38.6 Å². The van der Waals surface area contributed by atoms with Crippen molar-refractivity contribution in [1.82, 2.24) is 9.55 Å². The van der Waals surface area contributed by atoms with E-state index in [2.05, 4.69) is 4.98 Å². The van der Waals surface area contributed by atoms with Gasteiger partial charge < -0.3 is 23.9 Å². The maximum atomic E-state index is 11.9. The topological polar surface area (TPSA) is 168 Å². The minimum atomic E-state index is -4.49. The number of hydrogen-bond acceptors (Lipinski definition) is 6. The predicted octanol–water partition coefficient (Wildman–Crippen LogP) is -0.248. The molecule has 1 aromatic rings. The molecular formula is C12H20N2O9P2. The first-order valence-electron chi connectivity index (χ1n) is 6.89. The van der Waals surface area contributed by atoms with Crippen molar-refractivity contribution in [3.63, 3.8) is 0 Å². The van der Waals surface area contributed by atoms with Crippen LogP contribution in [0.1, 0.15) is 5.56 Å². The molecule has 1 rings (SSSR count). The van der Waals surface area contributed by atoms with Crippen LogP contribution in [-0.4, -0.2) is 50.2 Å². The summed E-state index contributed by atoms with van der Waals surface area (Å²) in [5, 5.41) is 0. The molecule has 1 aromatic heterocycles. The van der Waals surface area contributed by atoms with E-state index in [1.165, 1.54) is 20.2 Å². The number of aromatic nitrogens is 2. The number of nitrogens with zero attached hydrogens (tertiary/aromatic N) is 1. The molecule has 1 unspecified atom stereocenters. The van der Waals surface area contributed by atoms with Crippen LogP contribution in [0.4, 0.5) is 0 Å². The Balaban J connectivity index is 3.24.